The minimum absolute atomic E-state index is 0.00823. The molecular formula is C16H23FN2O. The van der Waals surface area contributed by atoms with Crippen LogP contribution >= 0.6 is 0 Å². The molecule has 1 amide bonds. The van der Waals surface area contributed by atoms with Crippen LogP contribution in [0.4, 0.5) is 4.39 Å². The van der Waals surface area contributed by atoms with E-state index in [0.717, 1.165) is 24.8 Å². The molecule has 0 aliphatic heterocycles. The van der Waals surface area contributed by atoms with E-state index in [1.54, 1.807) is 6.07 Å². The second kappa shape index (κ2) is 6.35. The van der Waals surface area contributed by atoms with Gasteiger partial charge in [-0.15, -0.1) is 0 Å². The van der Waals surface area contributed by atoms with Crippen LogP contribution in [0.2, 0.25) is 0 Å². The van der Waals surface area contributed by atoms with Gasteiger partial charge in [0, 0.05) is 12.6 Å². The Balaban J connectivity index is 2.09. The average molecular weight is 278 g/mol. The second-order valence-electron chi connectivity index (χ2n) is 5.74. The third-order valence-electron chi connectivity index (χ3n) is 4.05. The standard InChI is InChI=1S/C16H23FN2O/c1-3-11(2)15(18)16(20)19(14-7-8-14)10-12-5-4-6-13(17)9-12/h4-6,9,11,14-15H,3,7-8,10,18H2,1-2H3. The predicted octanol–water partition coefficient (Wildman–Crippen LogP) is 2.69. The topological polar surface area (TPSA) is 46.3 Å². The Bertz CT molecular complexity index is 473. The Morgan fingerprint density at radius 1 is 1.50 bits per heavy atom. The van der Waals surface area contributed by atoms with Gasteiger partial charge in [-0.1, -0.05) is 32.4 Å². The molecule has 4 heteroatoms. The summed E-state index contributed by atoms with van der Waals surface area (Å²) in [7, 11) is 0. The number of benzene rings is 1. The van der Waals surface area contributed by atoms with Crippen LogP contribution in [0.3, 0.4) is 0 Å². The highest BCUT2D eigenvalue weighted by atomic mass is 19.1. The first-order chi connectivity index (χ1) is 9.52. The lowest BCUT2D eigenvalue weighted by molar-refractivity contribution is -0.135. The van der Waals surface area contributed by atoms with E-state index in [-0.39, 0.29) is 23.7 Å². The molecule has 0 spiro atoms. The van der Waals surface area contributed by atoms with Crippen LogP contribution in [0.1, 0.15) is 38.7 Å². The zero-order valence-electron chi connectivity index (χ0n) is 12.2. The van der Waals surface area contributed by atoms with Gasteiger partial charge in [0.05, 0.1) is 6.04 Å². The van der Waals surface area contributed by atoms with Crippen molar-refractivity contribution in [1.29, 1.82) is 0 Å². The molecule has 2 N–H and O–H groups in total. The number of hydrogen-bond acceptors (Lipinski definition) is 2. The van der Waals surface area contributed by atoms with Gasteiger partial charge in [0.15, 0.2) is 0 Å². The van der Waals surface area contributed by atoms with Crippen molar-refractivity contribution in [3.63, 3.8) is 0 Å². The number of rotatable bonds is 6. The molecule has 2 atom stereocenters. The quantitative estimate of drug-likeness (QED) is 0.869. The molecule has 1 aromatic carbocycles. The van der Waals surface area contributed by atoms with Crippen LogP contribution in [-0.4, -0.2) is 22.9 Å². The van der Waals surface area contributed by atoms with E-state index in [2.05, 4.69) is 0 Å². The lowest BCUT2D eigenvalue weighted by atomic mass is 9.98. The van der Waals surface area contributed by atoms with Crippen LogP contribution in [0, 0.1) is 11.7 Å². The molecule has 0 heterocycles. The van der Waals surface area contributed by atoms with Crippen molar-refractivity contribution >= 4 is 5.91 Å². The summed E-state index contributed by atoms with van der Waals surface area (Å²) in [6.45, 7) is 4.48. The van der Waals surface area contributed by atoms with E-state index in [4.69, 9.17) is 5.73 Å². The molecule has 1 aromatic rings. The van der Waals surface area contributed by atoms with Crippen molar-refractivity contribution in [1.82, 2.24) is 4.90 Å². The Morgan fingerprint density at radius 3 is 2.75 bits per heavy atom. The van der Waals surface area contributed by atoms with E-state index in [0.29, 0.717) is 6.54 Å². The third kappa shape index (κ3) is 3.57. The molecule has 20 heavy (non-hydrogen) atoms. The van der Waals surface area contributed by atoms with E-state index < -0.39 is 6.04 Å². The summed E-state index contributed by atoms with van der Waals surface area (Å²) < 4.78 is 13.2. The fourth-order valence-corrected chi connectivity index (χ4v) is 2.29. The summed E-state index contributed by atoms with van der Waals surface area (Å²) in [6.07, 6.45) is 2.92. The number of nitrogens with zero attached hydrogens (tertiary/aromatic N) is 1. The molecule has 1 aliphatic carbocycles. The average Bonchev–Trinajstić information content (AvgIpc) is 3.27. The zero-order valence-corrected chi connectivity index (χ0v) is 12.2. The van der Waals surface area contributed by atoms with Crippen LogP contribution in [0.5, 0.6) is 0 Å². The van der Waals surface area contributed by atoms with E-state index in [9.17, 15) is 9.18 Å². The van der Waals surface area contributed by atoms with Gasteiger partial charge in [0.2, 0.25) is 5.91 Å². The Labute approximate surface area is 120 Å². The van der Waals surface area contributed by atoms with E-state index in [1.807, 2.05) is 24.8 Å². The van der Waals surface area contributed by atoms with Crippen molar-refractivity contribution < 1.29 is 9.18 Å². The second-order valence-corrected chi connectivity index (χ2v) is 5.74. The smallest absolute Gasteiger partial charge is 0.240 e. The SMILES string of the molecule is CCC(C)C(N)C(=O)N(Cc1cccc(F)c1)C1CC1. The van der Waals surface area contributed by atoms with Crippen molar-refractivity contribution in [2.45, 2.75) is 51.7 Å². The molecule has 1 aliphatic rings. The molecule has 0 saturated heterocycles. The van der Waals surface area contributed by atoms with E-state index in [1.165, 1.54) is 12.1 Å². The predicted molar refractivity (Wildman–Crippen MR) is 77.4 cm³/mol. The minimum Gasteiger partial charge on any atom is -0.334 e. The summed E-state index contributed by atoms with van der Waals surface area (Å²) in [5, 5.41) is 0. The summed E-state index contributed by atoms with van der Waals surface area (Å²) in [5.74, 6) is -0.112. The molecule has 110 valence electrons. The van der Waals surface area contributed by atoms with Crippen molar-refractivity contribution in [3.05, 3.63) is 35.6 Å². The monoisotopic (exact) mass is 278 g/mol. The van der Waals surface area contributed by atoms with Crippen molar-refractivity contribution in [2.24, 2.45) is 11.7 Å². The molecular weight excluding hydrogens is 255 g/mol. The lowest BCUT2D eigenvalue weighted by Crippen LogP contribution is -2.47. The molecule has 1 fully saturated rings. The van der Waals surface area contributed by atoms with Crippen LogP contribution in [0.15, 0.2) is 24.3 Å². The highest BCUT2D eigenvalue weighted by Gasteiger charge is 2.35. The summed E-state index contributed by atoms with van der Waals surface area (Å²) in [4.78, 5) is 14.3. The summed E-state index contributed by atoms with van der Waals surface area (Å²) in [5.41, 5.74) is 6.88. The van der Waals surface area contributed by atoms with Gasteiger partial charge in [-0.3, -0.25) is 4.79 Å². The normalized spacial score (nSPS) is 17.6. The summed E-state index contributed by atoms with van der Waals surface area (Å²) >= 11 is 0. The van der Waals surface area contributed by atoms with Gasteiger partial charge >= 0.3 is 0 Å². The van der Waals surface area contributed by atoms with Crippen LogP contribution < -0.4 is 5.73 Å². The molecule has 2 unspecified atom stereocenters. The highest BCUT2D eigenvalue weighted by molar-refractivity contribution is 5.82. The fraction of sp³-hybridized carbons (Fsp3) is 0.562. The maximum atomic E-state index is 13.2. The van der Waals surface area contributed by atoms with Gasteiger partial charge in [-0.05, 0) is 36.5 Å². The highest BCUT2D eigenvalue weighted by Crippen LogP contribution is 2.29. The third-order valence-corrected chi connectivity index (χ3v) is 4.05. The Morgan fingerprint density at radius 2 is 2.20 bits per heavy atom. The number of amides is 1. The number of nitrogens with two attached hydrogens (primary N) is 1. The summed E-state index contributed by atoms with van der Waals surface area (Å²) in [6, 6.07) is 6.24. The maximum Gasteiger partial charge on any atom is 0.240 e. The molecule has 0 radical (unpaired) electrons. The molecule has 0 aromatic heterocycles. The zero-order chi connectivity index (χ0) is 14.7. The molecule has 2 rings (SSSR count). The minimum atomic E-state index is -0.464. The Hall–Kier alpha value is -1.42. The first-order valence-corrected chi connectivity index (χ1v) is 7.33. The maximum absolute atomic E-state index is 13.2. The number of carbonyl (C=O) groups is 1. The molecule has 1 saturated carbocycles. The Kier molecular flexibility index (Phi) is 4.76. The molecule has 3 nitrogen and oxygen atoms in total. The fourth-order valence-electron chi connectivity index (χ4n) is 2.29. The van der Waals surface area contributed by atoms with Crippen molar-refractivity contribution in [3.8, 4) is 0 Å². The first-order valence-electron chi connectivity index (χ1n) is 7.33. The van der Waals surface area contributed by atoms with Gasteiger partial charge < -0.3 is 10.6 Å². The van der Waals surface area contributed by atoms with Crippen LogP contribution in [-0.2, 0) is 11.3 Å². The van der Waals surface area contributed by atoms with Crippen LogP contribution in [0.25, 0.3) is 0 Å². The largest absolute Gasteiger partial charge is 0.334 e. The van der Waals surface area contributed by atoms with Gasteiger partial charge in [0.1, 0.15) is 5.82 Å². The number of carbonyl (C=O) groups excluding carboxylic acids is 1. The number of halogens is 1. The van der Waals surface area contributed by atoms with Gasteiger partial charge in [0.25, 0.3) is 0 Å². The lowest BCUT2D eigenvalue weighted by Gasteiger charge is -2.28. The number of hydrogen-bond donors (Lipinski definition) is 1. The van der Waals surface area contributed by atoms with Gasteiger partial charge in [-0.2, -0.15) is 0 Å². The first kappa shape index (κ1) is 15.0. The van der Waals surface area contributed by atoms with Crippen molar-refractivity contribution in [2.75, 3.05) is 0 Å². The van der Waals surface area contributed by atoms with E-state index >= 15 is 0 Å². The molecule has 0 bridgehead atoms. The van der Waals surface area contributed by atoms with Gasteiger partial charge in [-0.25, -0.2) is 4.39 Å².